The zero-order valence-corrected chi connectivity index (χ0v) is 17.9. The van der Waals surface area contributed by atoms with Crippen LogP contribution in [0.3, 0.4) is 0 Å². The minimum atomic E-state index is -0.465. The standard InChI is InChI=1S/C23H25N5O4/c1-14(2)20(23-27-21(28-32-23)16-5-4-10-24-12-16)26-19(29)13-31-18-7-3-6-17(11-18)25-22(30)15-8-9-15/h3-7,10-12,14-15,20H,8-9,13H2,1-2H3,(H,25,30)(H,26,29). The van der Waals surface area contributed by atoms with E-state index in [0.29, 0.717) is 23.2 Å². The van der Waals surface area contributed by atoms with Gasteiger partial charge in [0.2, 0.25) is 17.6 Å². The van der Waals surface area contributed by atoms with E-state index in [1.807, 2.05) is 19.9 Å². The summed E-state index contributed by atoms with van der Waals surface area (Å²) >= 11 is 0. The highest BCUT2D eigenvalue weighted by Crippen LogP contribution is 2.30. The number of aromatic nitrogens is 3. The second-order valence-electron chi connectivity index (χ2n) is 8.07. The Labute approximate surface area is 185 Å². The molecule has 0 radical (unpaired) electrons. The maximum absolute atomic E-state index is 12.5. The highest BCUT2D eigenvalue weighted by atomic mass is 16.5. The van der Waals surface area contributed by atoms with Crippen LogP contribution in [0.25, 0.3) is 11.4 Å². The van der Waals surface area contributed by atoms with Crippen molar-refractivity contribution in [3.05, 3.63) is 54.7 Å². The molecular formula is C23H25N5O4. The first kappa shape index (κ1) is 21.5. The lowest BCUT2D eigenvalue weighted by atomic mass is 10.0. The summed E-state index contributed by atoms with van der Waals surface area (Å²) in [4.78, 5) is 32.9. The molecule has 1 aliphatic rings. The zero-order chi connectivity index (χ0) is 22.5. The molecule has 1 saturated carbocycles. The fourth-order valence-corrected chi connectivity index (χ4v) is 3.10. The van der Waals surface area contributed by atoms with Crippen molar-refractivity contribution in [2.75, 3.05) is 11.9 Å². The van der Waals surface area contributed by atoms with E-state index in [1.165, 1.54) is 0 Å². The third-order valence-corrected chi connectivity index (χ3v) is 5.03. The molecule has 9 heteroatoms. The lowest BCUT2D eigenvalue weighted by molar-refractivity contribution is -0.124. The second-order valence-corrected chi connectivity index (χ2v) is 8.07. The summed E-state index contributed by atoms with van der Waals surface area (Å²) in [6.07, 6.45) is 5.18. The predicted molar refractivity (Wildman–Crippen MR) is 117 cm³/mol. The van der Waals surface area contributed by atoms with Crippen LogP contribution >= 0.6 is 0 Å². The third-order valence-electron chi connectivity index (χ3n) is 5.03. The first-order valence-corrected chi connectivity index (χ1v) is 10.6. The number of nitrogens with zero attached hydrogens (tertiary/aromatic N) is 3. The number of carbonyl (C=O) groups is 2. The van der Waals surface area contributed by atoms with Crippen LogP contribution in [0.2, 0.25) is 0 Å². The van der Waals surface area contributed by atoms with Crippen molar-refractivity contribution in [1.29, 1.82) is 0 Å². The number of nitrogens with one attached hydrogen (secondary N) is 2. The van der Waals surface area contributed by atoms with Crippen LogP contribution in [0.15, 0.2) is 53.3 Å². The molecule has 2 N–H and O–H groups in total. The van der Waals surface area contributed by atoms with Gasteiger partial charge in [-0.2, -0.15) is 4.98 Å². The number of carbonyl (C=O) groups excluding carboxylic acids is 2. The molecule has 32 heavy (non-hydrogen) atoms. The number of benzene rings is 1. The molecule has 166 valence electrons. The van der Waals surface area contributed by atoms with E-state index in [-0.39, 0.29) is 30.3 Å². The molecule has 3 aromatic rings. The molecule has 0 saturated heterocycles. The fraction of sp³-hybridized carbons (Fsp3) is 0.348. The molecule has 1 atom stereocenters. The van der Waals surface area contributed by atoms with Crippen LogP contribution in [0.1, 0.15) is 38.6 Å². The minimum absolute atomic E-state index is 0.0158. The second kappa shape index (κ2) is 9.59. The third kappa shape index (κ3) is 5.48. The van der Waals surface area contributed by atoms with Crippen molar-refractivity contribution < 1.29 is 18.8 Å². The van der Waals surface area contributed by atoms with Gasteiger partial charge >= 0.3 is 0 Å². The normalized spacial score (nSPS) is 14.1. The molecular weight excluding hydrogens is 410 g/mol. The maximum atomic E-state index is 12.5. The van der Waals surface area contributed by atoms with E-state index in [9.17, 15) is 9.59 Å². The molecule has 0 bridgehead atoms. The average molecular weight is 435 g/mol. The van der Waals surface area contributed by atoms with Crippen molar-refractivity contribution >= 4 is 17.5 Å². The summed E-state index contributed by atoms with van der Waals surface area (Å²) in [5.41, 5.74) is 1.38. The van der Waals surface area contributed by atoms with Crippen LogP contribution in [-0.2, 0) is 9.59 Å². The summed E-state index contributed by atoms with van der Waals surface area (Å²) < 4.78 is 11.0. The summed E-state index contributed by atoms with van der Waals surface area (Å²) in [6.45, 7) is 3.71. The number of pyridine rings is 1. The first-order valence-electron chi connectivity index (χ1n) is 10.6. The van der Waals surface area contributed by atoms with Gasteiger partial charge in [0, 0.05) is 35.6 Å². The van der Waals surface area contributed by atoms with Crippen molar-refractivity contribution in [2.24, 2.45) is 11.8 Å². The van der Waals surface area contributed by atoms with E-state index in [2.05, 4.69) is 25.8 Å². The lowest BCUT2D eigenvalue weighted by Crippen LogP contribution is -2.35. The van der Waals surface area contributed by atoms with Crippen LogP contribution in [-0.4, -0.2) is 33.5 Å². The first-order chi connectivity index (χ1) is 15.5. The highest BCUT2D eigenvalue weighted by molar-refractivity contribution is 5.94. The van der Waals surface area contributed by atoms with Gasteiger partial charge in [0.1, 0.15) is 11.8 Å². The SMILES string of the molecule is CC(C)C(NC(=O)COc1cccc(NC(=O)C2CC2)c1)c1nc(-c2cccnc2)no1. The molecule has 1 aromatic carbocycles. The Hall–Kier alpha value is -3.75. The number of amides is 2. The quantitative estimate of drug-likeness (QED) is 0.529. The molecule has 1 unspecified atom stereocenters. The molecule has 1 fully saturated rings. The van der Waals surface area contributed by atoms with Gasteiger partial charge in [-0.1, -0.05) is 25.1 Å². The molecule has 1 aliphatic carbocycles. The predicted octanol–water partition coefficient (Wildman–Crippen LogP) is 3.37. The van der Waals surface area contributed by atoms with Gasteiger partial charge < -0.3 is 19.9 Å². The Bertz CT molecular complexity index is 1080. The van der Waals surface area contributed by atoms with Gasteiger partial charge in [0.25, 0.3) is 5.91 Å². The van der Waals surface area contributed by atoms with Crippen molar-refractivity contribution in [2.45, 2.75) is 32.7 Å². The van der Waals surface area contributed by atoms with Crippen molar-refractivity contribution in [3.8, 4) is 17.1 Å². The molecule has 2 aromatic heterocycles. The van der Waals surface area contributed by atoms with Gasteiger partial charge in [-0.15, -0.1) is 0 Å². The lowest BCUT2D eigenvalue weighted by Gasteiger charge is -2.18. The van der Waals surface area contributed by atoms with E-state index >= 15 is 0 Å². The van der Waals surface area contributed by atoms with E-state index in [1.54, 1.807) is 42.7 Å². The van der Waals surface area contributed by atoms with Crippen LogP contribution in [0, 0.1) is 11.8 Å². The van der Waals surface area contributed by atoms with E-state index in [0.717, 1.165) is 18.4 Å². The number of hydrogen-bond acceptors (Lipinski definition) is 7. The average Bonchev–Trinajstić information content (AvgIpc) is 3.54. The zero-order valence-electron chi connectivity index (χ0n) is 17.9. The van der Waals surface area contributed by atoms with E-state index in [4.69, 9.17) is 9.26 Å². The largest absolute Gasteiger partial charge is 0.484 e. The van der Waals surface area contributed by atoms with Crippen LogP contribution < -0.4 is 15.4 Å². The Morgan fingerprint density at radius 1 is 1.22 bits per heavy atom. The van der Waals surface area contributed by atoms with Gasteiger partial charge in [-0.3, -0.25) is 14.6 Å². The number of anilines is 1. The molecule has 0 aliphatic heterocycles. The van der Waals surface area contributed by atoms with E-state index < -0.39 is 6.04 Å². The van der Waals surface area contributed by atoms with Crippen molar-refractivity contribution in [3.63, 3.8) is 0 Å². The number of rotatable bonds is 9. The Morgan fingerprint density at radius 2 is 2.06 bits per heavy atom. The van der Waals surface area contributed by atoms with Gasteiger partial charge in [-0.05, 0) is 43.0 Å². The van der Waals surface area contributed by atoms with Gasteiger partial charge in [0.15, 0.2) is 6.61 Å². The smallest absolute Gasteiger partial charge is 0.258 e. The summed E-state index contributed by atoms with van der Waals surface area (Å²) in [5.74, 6) is 1.05. The Morgan fingerprint density at radius 3 is 2.78 bits per heavy atom. The minimum Gasteiger partial charge on any atom is -0.484 e. The topological polar surface area (TPSA) is 119 Å². The maximum Gasteiger partial charge on any atom is 0.258 e. The molecule has 2 amide bonds. The van der Waals surface area contributed by atoms with Gasteiger partial charge in [-0.25, -0.2) is 0 Å². The van der Waals surface area contributed by atoms with Gasteiger partial charge in [0.05, 0.1) is 0 Å². The Kier molecular flexibility index (Phi) is 6.44. The monoisotopic (exact) mass is 435 g/mol. The van der Waals surface area contributed by atoms with Crippen LogP contribution in [0.4, 0.5) is 5.69 Å². The van der Waals surface area contributed by atoms with Crippen molar-refractivity contribution in [1.82, 2.24) is 20.4 Å². The molecule has 2 heterocycles. The van der Waals surface area contributed by atoms with Crippen LogP contribution in [0.5, 0.6) is 5.75 Å². The number of hydrogen-bond donors (Lipinski definition) is 2. The summed E-state index contributed by atoms with van der Waals surface area (Å²) in [7, 11) is 0. The molecule has 9 nitrogen and oxygen atoms in total. The fourth-order valence-electron chi connectivity index (χ4n) is 3.10. The number of ether oxygens (including phenoxy) is 1. The molecule has 0 spiro atoms. The summed E-state index contributed by atoms with van der Waals surface area (Å²) in [6, 6.07) is 10.1. The Balaban J connectivity index is 1.35. The highest BCUT2D eigenvalue weighted by Gasteiger charge is 2.29. The summed E-state index contributed by atoms with van der Waals surface area (Å²) in [5, 5.41) is 9.75. The molecule has 4 rings (SSSR count).